The Bertz CT molecular complexity index is 728. The lowest BCUT2D eigenvalue weighted by Gasteiger charge is -2.34. The molecule has 0 unspecified atom stereocenters. The number of phenols is 1. The highest BCUT2D eigenvalue weighted by Crippen LogP contribution is 2.42. The van der Waals surface area contributed by atoms with Crippen LogP contribution >= 0.6 is 0 Å². The molecule has 0 spiro atoms. The molecule has 1 aromatic carbocycles. The number of benzene rings is 1. The van der Waals surface area contributed by atoms with E-state index in [1.54, 1.807) is 24.3 Å². The summed E-state index contributed by atoms with van der Waals surface area (Å²) >= 11 is 0. The molecule has 0 saturated heterocycles. The average molecular weight is 313 g/mol. The van der Waals surface area contributed by atoms with Crippen molar-refractivity contribution in [3.63, 3.8) is 0 Å². The van der Waals surface area contributed by atoms with E-state index in [9.17, 15) is 14.7 Å². The van der Waals surface area contributed by atoms with Crippen LogP contribution in [0.2, 0.25) is 0 Å². The SMILES string of the molecule is COC(=O)C1=C(C)NC2=C(C(=O)CCC2)[C@@H]1c1ccc(O)cc1. The van der Waals surface area contributed by atoms with E-state index < -0.39 is 11.9 Å². The van der Waals surface area contributed by atoms with Crippen LogP contribution in [-0.2, 0) is 14.3 Å². The van der Waals surface area contributed by atoms with Crippen LogP contribution in [0.4, 0.5) is 0 Å². The van der Waals surface area contributed by atoms with Gasteiger partial charge in [-0.1, -0.05) is 12.1 Å². The second kappa shape index (κ2) is 5.91. The van der Waals surface area contributed by atoms with Gasteiger partial charge in [-0.3, -0.25) is 4.79 Å². The van der Waals surface area contributed by atoms with Crippen molar-refractivity contribution in [2.45, 2.75) is 32.1 Å². The molecule has 0 fully saturated rings. The summed E-state index contributed by atoms with van der Waals surface area (Å²) in [6, 6.07) is 6.62. The number of phenolic OH excluding ortho intramolecular Hbond substituents is 1. The number of dihydropyridines is 1. The van der Waals surface area contributed by atoms with Gasteiger partial charge in [-0.15, -0.1) is 0 Å². The molecule has 3 rings (SSSR count). The first kappa shape index (κ1) is 15.3. The number of methoxy groups -OCH3 is 1. The average Bonchev–Trinajstić information content (AvgIpc) is 2.54. The maximum Gasteiger partial charge on any atom is 0.336 e. The number of carbonyl (C=O) groups is 2. The molecule has 0 radical (unpaired) electrons. The normalized spacial score (nSPS) is 21.0. The van der Waals surface area contributed by atoms with Crippen molar-refractivity contribution in [2.24, 2.45) is 0 Å². The maximum absolute atomic E-state index is 12.5. The number of ketones is 1. The summed E-state index contributed by atoms with van der Waals surface area (Å²) in [6.07, 6.45) is 2.10. The summed E-state index contributed by atoms with van der Waals surface area (Å²) in [6.45, 7) is 1.82. The third-order valence-electron chi connectivity index (χ3n) is 4.41. The number of nitrogens with one attached hydrogen (secondary N) is 1. The zero-order chi connectivity index (χ0) is 16.6. The molecule has 2 N–H and O–H groups in total. The molecule has 120 valence electrons. The van der Waals surface area contributed by atoms with Crippen LogP contribution in [0.5, 0.6) is 5.75 Å². The molecule has 5 nitrogen and oxygen atoms in total. The Balaban J connectivity index is 2.18. The minimum Gasteiger partial charge on any atom is -0.508 e. The van der Waals surface area contributed by atoms with E-state index in [0.717, 1.165) is 24.1 Å². The minimum atomic E-state index is -0.452. The van der Waals surface area contributed by atoms with Gasteiger partial charge in [0.2, 0.25) is 0 Å². The lowest BCUT2D eigenvalue weighted by molar-refractivity contribution is -0.136. The monoisotopic (exact) mass is 313 g/mol. The molecule has 1 heterocycles. The van der Waals surface area contributed by atoms with Crippen LogP contribution < -0.4 is 5.32 Å². The topological polar surface area (TPSA) is 75.6 Å². The van der Waals surface area contributed by atoms with Crippen molar-refractivity contribution in [1.29, 1.82) is 0 Å². The highest BCUT2D eigenvalue weighted by atomic mass is 16.5. The number of Topliss-reactive ketones (excluding diaryl/α,β-unsaturated/α-hetero) is 1. The molecule has 2 aliphatic rings. The third-order valence-corrected chi connectivity index (χ3v) is 4.41. The van der Waals surface area contributed by atoms with Crippen molar-refractivity contribution in [3.8, 4) is 5.75 Å². The molecule has 1 aromatic rings. The highest BCUT2D eigenvalue weighted by Gasteiger charge is 2.38. The molecule has 1 aliphatic carbocycles. The summed E-state index contributed by atoms with van der Waals surface area (Å²) in [5.41, 5.74) is 3.50. The fourth-order valence-corrected chi connectivity index (χ4v) is 3.36. The molecule has 0 aromatic heterocycles. The number of rotatable bonds is 2. The molecule has 0 bridgehead atoms. The van der Waals surface area contributed by atoms with Crippen molar-refractivity contribution in [2.75, 3.05) is 7.11 Å². The third kappa shape index (κ3) is 2.63. The van der Waals surface area contributed by atoms with Gasteiger partial charge < -0.3 is 15.2 Å². The molecular weight excluding hydrogens is 294 g/mol. The number of allylic oxidation sites excluding steroid dienone is 3. The second-order valence-corrected chi connectivity index (χ2v) is 5.85. The van der Waals surface area contributed by atoms with Gasteiger partial charge in [0, 0.05) is 29.3 Å². The van der Waals surface area contributed by atoms with E-state index in [-0.39, 0.29) is 11.5 Å². The number of ether oxygens (including phenoxy) is 1. The van der Waals surface area contributed by atoms with E-state index >= 15 is 0 Å². The van der Waals surface area contributed by atoms with Crippen LogP contribution in [0.1, 0.15) is 37.7 Å². The number of hydrogen-bond donors (Lipinski definition) is 2. The summed E-state index contributed by atoms with van der Waals surface area (Å²) in [4.78, 5) is 24.8. The largest absolute Gasteiger partial charge is 0.508 e. The van der Waals surface area contributed by atoms with E-state index in [0.29, 0.717) is 23.3 Å². The van der Waals surface area contributed by atoms with Crippen LogP contribution in [0.3, 0.4) is 0 Å². The number of esters is 1. The lowest BCUT2D eigenvalue weighted by Crippen LogP contribution is -2.34. The van der Waals surface area contributed by atoms with Gasteiger partial charge in [-0.25, -0.2) is 4.79 Å². The fraction of sp³-hybridized carbons (Fsp3) is 0.333. The van der Waals surface area contributed by atoms with Gasteiger partial charge in [0.15, 0.2) is 5.78 Å². The van der Waals surface area contributed by atoms with E-state index in [1.165, 1.54) is 7.11 Å². The van der Waals surface area contributed by atoms with Crippen molar-refractivity contribution in [1.82, 2.24) is 5.32 Å². The van der Waals surface area contributed by atoms with Crippen LogP contribution in [-0.4, -0.2) is 24.0 Å². The highest BCUT2D eigenvalue weighted by molar-refractivity contribution is 6.03. The van der Waals surface area contributed by atoms with Crippen LogP contribution in [0, 0.1) is 0 Å². The van der Waals surface area contributed by atoms with E-state index in [4.69, 9.17) is 4.74 Å². The maximum atomic E-state index is 12.5. The van der Waals surface area contributed by atoms with Crippen molar-refractivity contribution in [3.05, 3.63) is 52.4 Å². The molecule has 1 aliphatic heterocycles. The van der Waals surface area contributed by atoms with Gasteiger partial charge >= 0.3 is 5.97 Å². The molecule has 1 atom stereocenters. The molecule has 0 amide bonds. The molecule has 0 saturated carbocycles. The Morgan fingerprint density at radius 3 is 2.61 bits per heavy atom. The summed E-state index contributed by atoms with van der Waals surface area (Å²) in [7, 11) is 1.34. The summed E-state index contributed by atoms with van der Waals surface area (Å²) < 4.78 is 4.93. The second-order valence-electron chi connectivity index (χ2n) is 5.85. The minimum absolute atomic E-state index is 0.0609. The van der Waals surface area contributed by atoms with E-state index in [2.05, 4.69) is 5.32 Å². The quantitative estimate of drug-likeness (QED) is 0.821. The number of hydrogen-bond acceptors (Lipinski definition) is 5. The van der Waals surface area contributed by atoms with E-state index in [1.807, 2.05) is 6.92 Å². The smallest absolute Gasteiger partial charge is 0.336 e. The van der Waals surface area contributed by atoms with Crippen LogP contribution in [0.25, 0.3) is 0 Å². The van der Waals surface area contributed by atoms with Gasteiger partial charge in [0.05, 0.1) is 12.7 Å². The Kier molecular flexibility index (Phi) is 3.94. The zero-order valence-corrected chi connectivity index (χ0v) is 13.2. The number of aromatic hydroxyl groups is 1. The first-order valence-corrected chi connectivity index (χ1v) is 7.64. The molecular formula is C18H19NO4. The zero-order valence-electron chi connectivity index (χ0n) is 13.2. The first-order valence-electron chi connectivity index (χ1n) is 7.64. The summed E-state index contributed by atoms with van der Waals surface area (Å²) in [5.74, 6) is -0.692. The van der Waals surface area contributed by atoms with Crippen LogP contribution in [0.15, 0.2) is 46.8 Å². The van der Waals surface area contributed by atoms with Gasteiger partial charge in [-0.05, 0) is 37.5 Å². The van der Waals surface area contributed by atoms with Crippen molar-refractivity contribution < 1.29 is 19.4 Å². The standard InChI is InChI=1S/C18H19NO4/c1-10-15(18(22)23-2)16(11-6-8-12(20)9-7-11)17-13(19-10)4-3-5-14(17)21/h6-9,16,19-20H,3-5H2,1-2H3/t16-/m1/s1. The Morgan fingerprint density at radius 2 is 1.96 bits per heavy atom. The lowest BCUT2D eigenvalue weighted by atomic mass is 9.75. The Hall–Kier alpha value is -2.56. The Morgan fingerprint density at radius 1 is 1.26 bits per heavy atom. The number of carbonyl (C=O) groups excluding carboxylic acids is 2. The molecule has 5 heteroatoms. The predicted molar refractivity (Wildman–Crippen MR) is 84.6 cm³/mol. The van der Waals surface area contributed by atoms with Crippen molar-refractivity contribution >= 4 is 11.8 Å². The summed E-state index contributed by atoms with van der Waals surface area (Å²) in [5, 5.41) is 12.7. The predicted octanol–water partition coefficient (Wildman–Crippen LogP) is 2.53. The molecule has 23 heavy (non-hydrogen) atoms. The Labute approximate surface area is 134 Å². The van der Waals surface area contributed by atoms with Gasteiger partial charge in [-0.2, -0.15) is 0 Å². The van der Waals surface area contributed by atoms with Gasteiger partial charge in [0.1, 0.15) is 5.75 Å². The fourth-order valence-electron chi connectivity index (χ4n) is 3.36. The first-order chi connectivity index (χ1) is 11.0. The van der Waals surface area contributed by atoms with Gasteiger partial charge in [0.25, 0.3) is 0 Å².